The van der Waals surface area contributed by atoms with Gasteiger partial charge in [0.25, 0.3) is 5.91 Å². The van der Waals surface area contributed by atoms with Crippen LogP contribution in [0.4, 0.5) is 5.69 Å². The molecule has 1 aliphatic rings. The molecule has 1 saturated heterocycles. The fourth-order valence-electron chi connectivity index (χ4n) is 3.34. The molecule has 1 amide bonds. The third-order valence-electron chi connectivity index (χ3n) is 4.98. The van der Waals surface area contributed by atoms with E-state index in [1.54, 1.807) is 6.08 Å². The highest BCUT2D eigenvalue weighted by atomic mass is 32.1. The molecule has 0 bridgehead atoms. The summed E-state index contributed by atoms with van der Waals surface area (Å²) in [7, 11) is 0. The number of rotatable bonds is 7. The van der Waals surface area contributed by atoms with E-state index in [-0.39, 0.29) is 5.91 Å². The lowest BCUT2D eigenvalue weighted by Crippen LogP contribution is -2.30. The summed E-state index contributed by atoms with van der Waals surface area (Å²) in [5.74, 6) is 1.28. The van der Waals surface area contributed by atoms with E-state index in [2.05, 4.69) is 36.5 Å². The first-order valence-corrected chi connectivity index (χ1v) is 10.8. The van der Waals surface area contributed by atoms with Gasteiger partial charge in [0.2, 0.25) is 0 Å². The van der Waals surface area contributed by atoms with Crippen molar-refractivity contribution in [1.82, 2.24) is 5.32 Å². The number of amides is 1. The van der Waals surface area contributed by atoms with Crippen LogP contribution in [0, 0.1) is 6.92 Å². The van der Waals surface area contributed by atoms with E-state index >= 15 is 0 Å². The maximum atomic E-state index is 13.0. The number of aryl methyl sites for hydroxylation is 1. The van der Waals surface area contributed by atoms with E-state index in [4.69, 9.17) is 21.7 Å². The zero-order chi connectivity index (χ0) is 22.5. The van der Waals surface area contributed by atoms with Crippen LogP contribution < -0.4 is 19.7 Å². The minimum absolute atomic E-state index is 0.204. The smallest absolute Gasteiger partial charge is 0.281 e. The topological polar surface area (TPSA) is 50.8 Å². The number of carbonyl (C=O) groups is 1. The Kier molecular flexibility index (Phi) is 6.52. The lowest BCUT2D eigenvalue weighted by atomic mass is 10.1. The van der Waals surface area contributed by atoms with Crippen molar-refractivity contribution in [3.63, 3.8) is 0 Å². The molecular weight excluding hydrogens is 420 g/mol. The minimum Gasteiger partial charge on any atom is -0.494 e. The van der Waals surface area contributed by atoms with Crippen molar-refractivity contribution in [2.45, 2.75) is 20.5 Å². The van der Waals surface area contributed by atoms with Crippen molar-refractivity contribution < 1.29 is 14.3 Å². The second-order valence-electron chi connectivity index (χ2n) is 7.40. The molecule has 6 heteroatoms. The summed E-state index contributed by atoms with van der Waals surface area (Å²) in [6.07, 6.45) is 1.78. The van der Waals surface area contributed by atoms with Crippen LogP contribution in [-0.4, -0.2) is 17.6 Å². The van der Waals surface area contributed by atoms with Gasteiger partial charge in [-0.15, -0.1) is 0 Å². The highest BCUT2D eigenvalue weighted by molar-refractivity contribution is 7.80. The molecule has 1 heterocycles. The standard InChI is InChI=1S/C26H24N2O3S/c1-3-30-22-13-11-21(12-14-22)28-25(29)24(27-26(28)32)16-20-5-4-6-23(15-20)31-17-19-9-7-18(2)8-10-19/h4-16H,3,17H2,1-2H3,(H,27,32)/b24-16+. The SMILES string of the molecule is CCOc1ccc(N2C(=O)/C(=C\c3cccc(OCc4ccc(C)cc4)c3)NC2=S)cc1. The normalized spacial score (nSPS) is 14.6. The minimum atomic E-state index is -0.204. The van der Waals surface area contributed by atoms with Crippen LogP contribution >= 0.6 is 12.2 Å². The second kappa shape index (κ2) is 9.66. The number of nitrogens with zero attached hydrogens (tertiary/aromatic N) is 1. The highest BCUT2D eigenvalue weighted by Gasteiger charge is 2.31. The quantitative estimate of drug-likeness (QED) is 0.399. The number of nitrogens with one attached hydrogen (secondary N) is 1. The summed E-state index contributed by atoms with van der Waals surface area (Å²) in [4.78, 5) is 14.5. The molecule has 5 nitrogen and oxygen atoms in total. The molecule has 0 unspecified atom stereocenters. The molecular formula is C26H24N2O3S. The second-order valence-corrected chi connectivity index (χ2v) is 7.79. The zero-order valence-corrected chi connectivity index (χ0v) is 18.8. The van der Waals surface area contributed by atoms with Crippen molar-refractivity contribution in [1.29, 1.82) is 0 Å². The molecule has 4 rings (SSSR count). The van der Waals surface area contributed by atoms with Crippen molar-refractivity contribution in [3.8, 4) is 11.5 Å². The van der Waals surface area contributed by atoms with Crippen LogP contribution in [0.3, 0.4) is 0 Å². The van der Waals surface area contributed by atoms with Gasteiger partial charge in [0.05, 0.1) is 12.3 Å². The molecule has 0 aliphatic carbocycles. The van der Waals surface area contributed by atoms with E-state index < -0.39 is 0 Å². The van der Waals surface area contributed by atoms with Crippen molar-refractivity contribution >= 4 is 35.0 Å². The van der Waals surface area contributed by atoms with E-state index in [1.165, 1.54) is 10.5 Å². The number of hydrogen-bond acceptors (Lipinski definition) is 4. The summed E-state index contributed by atoms with van der Waals surface area (Å²) in [5.41, 5.74) is 4.27. The summed E-state index contributed by atoms with van der Waals surface area (Å²) < 4.78 is 11.4. The highest BCUT2D eigenvalue weighted by Crippen LogP contribution is 2.25. The average Bonchev–Trinajstić information content (AvgIpc) is 3.07. The van der Waals surface area contributed by atoms with Gasteiger partial charge in [0, 0.05) is 0 Å². The maximum Gasteiger partial charge on any atom is 0.281 e. The van der Waals surface area contributed by atoms with E-state index in [0.29, 0.717) is 29.7 Å². The van der Waals surface area contributed by atoms with Gasteiger partial charge < -0.3 is 14.8 Å². The molecule has 3 aromatic rings. The first kappa shape index (κ1) is 21.6. The number of benzene rings is 3. The molecule has 3 aromatic carbocycles. The number of thiocarbonyl (C=S) groups is 1. The van der Waals surface area contributed by atoms with Gasteiger partial charge in [-0.05, 0) is 79.7 Å². The van der Waals surface area contributed by atoms with Gasteiger partial charge in [-0.3, -0.25) is 9.69 Å². The van der Waals surface area contributed by atoms with Crippen LogP contribution in [0.1, 0.15) is 23.6 Å². The van der Waals surface area contributed by atoms with Gasteiger partial charge in [-0.2, -0.15) is 0 Å². The Morgan fingerprint density at radius 3 is 2.44 bits per heavy atom. The number of ether oxygens (including phenoxy) is 2. The van der Waals surface area contributed by atoms with Crippen LogP contribution in [0.25, 0.3) is 6.08 Å². The van der Waals surface area contributed by atoms with Crippen molar-refractivity contribution in [3.05, 3.63) is 95.2 Å². The lowest BCUT2D eigenvalue weighted by Gasteiger charge is -2.14. The van der Waals surface area contributed by atoms with Crippen LogP contribution in [-0.2, 0) is 11.4 Å². The molecule has 0 saturated carbocycles. The number of carbonyl (C=O) groups excluding carboxylic acids is 1. The Labute approximate surface area is 193 Å². The lowest BCUT2D eigenvalue weighted by molar-refractivity contribution is -0.113. The Bertz CT molecular complexity index is 1150. The Morgan fingerprint density at radius 2 is 1.72 bits per heavy atom. The van der Waals surface area contributed by atoms with Crippen LogP contribution in [0.2, 0.25) is 0 Å². The molecule has 1 aliphatic heterocycles. The molecule has 0 aromatic heterocycles. The van der Waals surface area contributed by atoms with Gasteiger partial charge >= 0.3 is 0 Å². The fourth-order valence-corrected chi connectivity index (χ4v) is 3.64. The predicted octanol–water partition coefficient (Wildman–Crippen LogP) is 5.23. The molecule has 0 radical (unpaired) electrons. The molecule has 162 valence electrons. The van der Waals surface area contributed by atoms with Gasteiger partial charge in [-0.25, -0.2) is 0 Å². The van der Waals surface area contributed by atoms with Crippen molar-refractivity contribution in [2.75, 3.05) is 11.5 Å². The third-order valence-corrected chi connectivity index (χ3v) is 5.26. The number of anilines is 1. The Hall–Kier alpha value is -3.64. The van der Waals surface area contributed by atoms with Crippen molar-refractivity contribution in [2.24, 2.45) is 0 Å². The molecule has 0 spiro atoms. The van der Waals surface area contributed by atoms with Crippen LogP contribution in [0.5, 0.6) is 11.5 Å². The first-order chi connectivity index (χ1) is 15.5. The molecule has 0 atom stereocenters. The Balaban J connectivity index is 1.47. The summed E-state index contributed by atoms with van der Waals surface area (Å²) in [6.45, 7) is 5.05. The van der Waals surface area contributed by atoms with Gasteiger partial charge in [0.15, 0.2) is 5.11 Å². The summed E-state index contributed by atoms with van der Waals surface area (Å²) in [5, 5.41) is 3.36. The summed E-state index contributed by atoms with van der Waals surface area (Å²) in [6, 6.07) is 23.1. The van der Waals surface area contributed by atoms with Crippen LogP contribution in [0.15, 0.2) is 78.5 Å². The fraction of sp³-hybridized carbons (Fsp3) is 0.154. The average molecular weight is 445 g/mol. The van der Waals surface area contributed by atoms with E-state index in [0.717, 1.165) is 22.6 Å². The molecule has 32 heavy (non-hydrogen) atoms. The Morgan fingerprint density at radius 1 is 0.969 bits per heavy atom. The largest absolute Gasteiger partial charge is 0.494 e. The van der Waals surface area contributed by atoms with E-state index in [9.17, 15) is 4.79 Å². The predicted molar refractivity (Wildman–Crippen MR) is 131 cm³/mol. The summed E-state index contributed by atoms with van der Waals surface area (Å²) >= 11 is 5.40. The third kappa shape index (κ3) is 4.98. The monoisotopic (exact) mass is 444 g/mol. The number of hydrogen-bond donors (Lipinski definition) is 1. The first-order valence-electron chi connectivity index (χ1n) is 10.4. The maximum absolute atomic E-state index is 13.0. The molecule has 1 N–H and O–H groups in total. The zero-order valence-electron chi connectivity index (χ0n) is 18.0. The molecule has 1 fully saturated rings. The van der Waals surface area contributed by atoms with Gasteiger partial charge in [-0.1, -0.05) is 42.0 Å². The van der Waals surface area contributed by atoms with Gasteiger partial charge in [0.1, 0.15) is 23.8 Å². The van der Waals surface area contributed by atoms with E-state index in [1.807, 2.05) is 55.5 Å².